The van der Waals surface area contributed by atoms with E-state index in [0.29, 0.717) is 5.69 Å². The minimum absolute atomic E-state index is 0.0983. The summed E-state index contributed by atoms with van der Waals surface area (Å²) >= 11 is 4.65. The van der Waals surface area contributed by atoms with E-state index in [9.17, 15) is 13.2 Å². The van der Waals surface area contributed by atoms with Gasteiger partial charge >= 0.3 is 6.11 Å². The first kappa shape index (κ1) is 15.9. The standard InChI is InChI=1S/C11H13ClF3NO3/c12-10(13)11(14,15)19-9-3-1-7(2-4-9)16-5-8(18)6-17/h1-4,8,10,16-18H,5-6H2. The third-order valence-electron chi connectivity index (χ3n) is 2.11. The van der Waals surface area contributed by atoms with Crippen molar-refractivity contribution >= 4 is 17.3 Å². The van der Waals surface area contributed by atoms with Crippen LogP contribution in [0.2, 0.25) is 0 Å². The molecule has 0 aliphatic heterocycles. The fraction of sp³-hybridized carbons (Fsp3) is 0.455. The van der Waals surface area contributed by atoms with E-state index >= 15 is 0 Å². The molecule has 2 unspecified atom stereocenters. The number of benzene rings is 1. The van der Waals surface area contributed by atoms with Gasteiger partial charge in [-0.1, -0.05) is 11.6 Å². The SMILES string of the molecule is OCC(O)CNc1ccc(OC(F)(F)C(F)Cl)cc1. The number of anilines is 1. The molecule has 1 aromatic rings. The van der Waals surface area contributed by atoms with E-state index in [0.717, 1.165) is 0 Å². The number of alkyl halides is 4. The molecule has 19 heavy (non-hydrogen) atoms. The number of hydrogen-bond donors (Lipinski definition) is 3. The van der Waals surface area contributed by atoms with Gasteiger partial charge in [-0.3, -0.25) is 0 Å². The van der Waals surface area contributed by atoms with Gasteiger partial charge in [-0.15, -0.1) is 0 Å². The van der Waals surface area contributed by atoms with Crippen LogP contribution in [0.1, 0.15) is 0 Å². The van der Waals surface area contributed by atoms with E-state index in [-0.39, 0.29) is 12.3 Å². The van der Waals surface area contributed by atoms with Crippen LogP contribution in [0, 0.1) is 0 Å². The molecule has 8 heteroatoms. The Hall–Kier alpha value is -1.18. The minimum Gasteiger partial charge on any atom is -0.429 e. The van der Waals surface area contributed by atoms with E-state index < -0.39 is 24.5 Å². The average molecular weight is 300 g/mol. The van der Waals surface area contributed by atoms with Crippen LogP contribution in [0.4, 0.5) is 18.9 Å². The number of ether oxygens (including phenoxy) is 1. The van der Waals surface area contributed by atoms with Crippen molar-refractivity contribution < 1.29 is 28.1 Å². The Morgan fingerprint density at radius 3 is 2.37 bits per heavy atom. The summed E-state index contributed by atoms with van der Waals surface area (Å²) in [5, 5.41) is 20.4. The molecule has 0 bridgehead atoms. The molecule has 0 amide bonds. The van der Waals surface area contributed by atoms with Crippen LogP contribution in [-0.4, -0.2) is 41.2 Å². The van der Waals surface area contributed by atoms with E-state index in [1.165, 1.54) is 24.3 Å². The molecule has 0 saturated carbocycles. The van der Waals surface area contributed by atoms with Crippen molar-refractivity contribution in [2.45, 2.75) is 17.8 Å². The molecule has 1 rings (SSSR count). The molecule has 0 heterocycles. The van der Waals surface area contributed by atoms with Crippen molar-refractivity contribution in [2.75, 3.05) is 18.5 Å². The van der Waals surface area contributed by atoms with Crippen LogP contribution < -0.4 is 10.1 Å². The molecule has 0 saturated heterocycles. The summed E-state index contributed by atoms with van der Waals surface area (Å²) in [4.78, 5) is 0. The van der Waals surface area contributed by atoms with Crippen LogP contribution in [0.25, 0.3) is 0 Å². The molecule has 4 nitrogen and oxygen atoms in total. The van der Waals surface area contributed by atoms with Gasteiger partial charge in [0.2, 0.25) is 0 Å². The molecule has 0 aliphatic rings. The van der Waals surface area contributed by atoms with Crippen LogP contribution in [0.5, 0.6) is 5.75 Å². The summed E-state index contributed by atoms with van der Waals surface area (Å²) in [5.41, 5.74) is -2.42. The summed E-state index contributed by atoms with van der Waals surface area (Å²) in [5.74, 6) is -0.249. The smallest absolute Gasteiger partial charge is 0.429 e. The highest BCUT2D eigenvalue weighted by Crippen LogP contribution is 2.29. The fourth-order valence-corrected chi connectivity index (χ4v) is 1.19. The van der Waals surface area contributed by atoms with Gasteiger partial charge in [0.15, 0.2) is 0 Å². The van der Waals surface area contributed by atoms with Crippen molar-refractivity contribution in [1.29, 1.82) is 0 Å². The maximum Gasteiger partial charge on any atom is 0.444 e. The summed E-state index contributed by atoms with van der Waals surface area (Å²) in [6.07, 6.45) is -5.03. The van der Waals surface area contributed by atoms with E-state index in [1.807, 2.05) is 0 Å². The van der Waals surface area contributed by atoms with Crippen molar-refractivity contribution in [3.05, 3.63) is 24.3 Å². The Morgan fingerprint density at radius 2 is 1.89 bits per heavy atom. The molecule has 0 radical (unpaired) electrons. The van der Waals surface area contributed by atoms with Crippen LogP contribution >= 0.6 is 11.6 Å². The third kappa shape index (κ3) is 5.14. The topological polar surface area (TPSA) is 61.7 Å². The molecule has 0 spiro atoms. The first-order valence-corrected chi connectivity index (χ1v) is 5.76. The molecule has 0 aromatic heterocycles. The molecule has 0 fully saturated rings. The van der Waals surface area contributed by atoms with Crippen molar-refractivity contribution in [3.8, 4) is 5.75 Å². The second kappa shape index (κ2) is 6.83. The maximum atomic E-state index is 12.8. The number of aliphatic hydroxyl groups is 2. The van der Waals surface area contributed by atoms with Gasteiger partial charge in [0.05, 0.1) is 12.7 Å². The van der Waals surface area contributed by atoms with Gasteiger partial charge < -0.3 is 20.3 Å². The summed E-state index contributed by atoms with van der Waals surface area (Å²) in [7, 11) is 0. The number of hydrogen-bond acceptors (Lipinski definition) is 4. The summed E-state index contributed by atoms with van der Waals surface area (Å²) in [6.45, 7) is -0.297. The second-order valence-corrected chi connectivity index (χ2v) is 4.09. The number of aliphatic hydroxyl groups excluding tert-OH is 2. The Balaban J connectivity index is 2.57. The first-order chi connectivity index (χ1) is 8.85. The number of halogens is 4. The molecule has 1 aromatic carbocycles. The molecular weight excluding hydrogens is 287 g/mol. The summed E-state index contributed by atoms with van der Waals surface area (Å²) < 4.78 is 42.1. The van der Waals surface area contributed by atoms with E-state index in [2.05, 4.69) is 21.7 Å². The van der Waals surface area contributed by atoms with Crippen molar-refractivity contribution in [3.63, 3.8) is 0 Å². The first-order valence-electron chi connectivity index (χ1n) is 5.33. The lowest BCUT2D eigenvalue weighted by atomic mass is 10.3. The Bertz CT molecular complexity index is 389. The van der Waals surface area contributed by atoms with Crippen LogP contribution in [-0.2, 0) is 0 Å². The van der Waals surface area contributed by atoms with Gasteiger partial charge in [0, 0.05) is 12.2 Å². The summed E-state index contributed by atoms with van der Waals surface area (Å²) in [6, 6.07) is 5.19. The molecule has 0 aliphatic carbocycles. The van der Waals surface area contributed by atoms with E-state index in [1.54, 1.807) is 0 Å². The molecule has 3 N–H and O–H groups in total. The van der Waals surface area contributed by atoms with Gasteiger partial charge in [0.1, 0.15) is 5.75 Å². The Kier molecular flexibility index (Phi) is 5.71. The predicted molar refractivity (Wildman–Crippen MR) is 64.3 cm³/mol. The van der Waals surface area contributed by atoms with Crippen LogP contribution in [0.3, 0.4) is 0 Å². The lowest BCUT2D eigenvalue weighted by Crippen LogP contribution is -2.32. The van der Waals surface area contributed by atoms with Gasteiger partial charge in [0.25, 0.3) is 5.63 Å². The van der Waals surface area contributed by atoms with Crippen molar-refractivity contribution in [2.24, 2.45) is 0 Å². The van der Waals surface area contributed by atoms with Gasteiger partial charge in [-0.2, -0.15) is 8.78 Å². The highest BCUT2D eigenvalue weighted by molar-refractivity contribution is 6.20. The average Bonchev–Trinajstić information content (AvgIpc) is 2.37. The monoisotopic (exact) mass is 299 g/mol. The zero-order valence-electron chi connectivity index (χ0n) is 9.69. The number of nitrogens with one attached hydrogen (secondary N) is 1. The largest absolute Gasteiger partial charge is 0.444 e. The van der Waals surface area contributed by atoms with Gasteiger partial charge in [-0.25, -0.2) is 4.39 Å². The molecular formula is C11H13ClF3NO3. The Labute approximate surface area is 112 Å². The maximum absolute atomic E-state index is 12.8. The quantitative estimate of drug-likeness (QED) is 0.674. The second-order valence-electron chi connectivity index (χ2n) is 3.71. The molecule has 108 valence electrons. The minimum atomic E-state index is -4.11. The van der Waals surface area contributed by atoms with Crippen molar-refractivity contribution in [1.82, 2.24) is 0 Å². The zero-order valence-corrected chi connectivity index (χ0v) is 10.4. The highest BCUT2D eigenvalue weighted by Gasteiger charge is 2.42. The Morgan fingerprint density at radius 1 is 1.32 bits per heavy atom. The third-order valence-corrected chi connectivity index (χ3v) is 2.37. The lowest BCUT2D eigenvalue weighted by Gasteiger charge is -2.18. The van der Waals surface area contributed by atoms with Crippen LogP contribution in [0.15, 0.2) is 24.3 Å². The zero-order chi connectivity index (χ0) is 14.5. The fourth-order valence-electron chi connectivity index (χ4n) is 1.14. The predicted octanol–water partition coefficient (Wildman–Crippen LogP) is 1.96. The van der Waals surface area contributed by atoms with Gasteiger partial charge in [-0.05, 0) is 24.3 Å². The number of rotatable bonds is 7. The molecule has 2 atom stereocenters. The van der Waals surface area contributed by atoms with E-state index in [4.69, 9.17) is 10.2 Å². The highest BCUT2D eigenvalue weighted by atomic mass is 35.5. The lowest BCUT2D eigenvalue weighted by molar-refractivity contribution is -0.199. The normalized spacial score (nSPS) is 14.8.